The molecule has 150 valence electrons. The lowest BCUT2D eigenvalue weighted by Gasteiger charge is -2.37. The van der Waals surface area contributed by atoms with E-state index in [1.54, 1.807) is 18.2 Å². The van der Waals surface area contributed by atoms with Crippen molar-refractivity contribution in [3.8, 4) is 0 Å². The third-order valence-corrected chi connectivity index (χ3v) is 5.61. The Balaban J connectivity index is 1.62. The van der Waals surface area contributed by atoms with Gasteiger partial charge in [0.1, 0.15) is 0 Å². The molecule has 0 spiro atoms. The van der Waals surface area contributed by atoms with Gasteiger partial charge in [-0.05, 0) is 47.6 Å². The first-order valence-corrected chi connectivity index (χ1v) is 9.92. The minimum absolute atomic E-state index is 0.0575. The van der Waals surface area contributed by atoms with E-state index in [0.717, 1.165) is 23.2 Å². The lowest BCUT2D eigenvalue weighted by atomic mass is 9.76. The largest absolute Gasteiger partial charge is 0.462 e. The van der Waals surface area contributed by atoms with Crippen LogP contribution < -0.4 is 5.32 Å². The van der Waals surface area contributed by atoms with E-state index < -0.39 is 0 Å². The molecule has 2 aliphatic rings. The van der Waals surface area contributed by atoms with Crippen molar-refractivity contribution in [1.82, 2.24) is 0 Å². The van der Waals surface area contributed by atoms with Gasteiger partial charge < -0.3 is 10.1 Å². The number of hydrogen-bond donors (Lipinski definition) is 1. The maximum absolute atomic E-state index is 12.4. The number of nitrogens with one attached hydrogen (secondary N) is 1. The number of carbonyl (C=O) groups excluding carboxylic acids is 1. The first-order valence-electron chi connectivity index (χ1n) is 9.92. The van der Waals surface area contributed by atoms with Crippen LogP contribution in [0.1, 0.15) is 53.7 Å². The number of esters is 1. The van der Waals surface area contributed by atoms with E-state index in [1.807, 2.05) is 38.1 Å². The zero-order chi connectivity index (χ0) is 20.5. The first-order chi connectivity index (χ1) is 13.9. The Bertz CT molecular complexity index is 965. The van der Waals surface area contributed by atoms with Gasteiger partial charge in [0.15, 0.2) is 0 Å². The number of non-ortho nitro benzene ring substituents is 1. The SMILES string of the molecule is CC(C)COC(=O)c1ccc2c(c1)[C@H]1C=CC[C@H]1[C@@H](c1ccc([N+](=O)[O-])cc1)N2. The van der Waals surface area contributed by atoms with Gasteiger partial charge in [0, 0.05) is 23.7 Å². The van der Waals surface area contributed by atoms with E-state index in [0.29, 0.717) is 24.0 Å². The second-order valence-corrected chi connectivity index (χ2v) is 8.12. The zero-order valence-corrected chi connectivity index (χ0v) is 16.5. The topological polar surface area (TPSA) is 81.5 Å². The molecule has 6 heteroatoms. The predicted octanol–water partition coefficient (Wildman–Crippen LogP) is 5.23. The molecule has 0 saturated heterocycles. The molecule has 1 aliphatic carbocycles. The smallest absolute Gasteiger partial charge is 0.338 e. The highest BCUT2D eigenvalue weighted by atomic mass is 16.6. The maximum Gasteiger partial charge on any atom is 0.338 e. The minimum atomic E-state index is -0.382. The minimum Gasteiger partial charge on any atom is -0.462 e. The van der Waals surface area contributed by atoms with E-state index in [9.17, 15) is 14.9 Å². The van der Waals surface area contributed by atoms with Gasteiger partial charge >= 0.3 is 5.97 Å². The van der Waals surface area contributed by atoms with Crippen molar-refractivity contribution in [2.45, 2.75) is 32.2 Å². The Morgan fingerprint density at radius 3 is 2.69 bits per heavy atom. The van der Waals surface area contributed by atoms with Gasteiger partial charge in [0.25, 0.3) is 5.69 Å². The highest BCUT2D eigenvalue weighted by Gasteiger charge is 2.38. The Morgan fingerprint density at radius 2 is 2.00 bits per heavy atom. The van der Waals surface area contributed by atoms with Gasteiger partial charge in [-0.3, -0.25) is 10.1 Å². The van der Waals surface area contributed by atoms with Crippen molar-refractivity contribution in [3.05, 3.63) is 81.4 Å². The third-order valence-electron chi connectivity index (χ3n) is 5.61. The number of carbonyl (C=O) groups is 1. The summed E-state index contributed by atoms with van der Waals surface area (Å²) >= 11 is 0. The molecule has 0 radical (unpaired) electrons. The molecule has 4 rings (SSSR count). The molecule has 0 unspecified atom stereocenters. The highest BCUT2D eigenvalue weighted by Crippen LogP contribution is 2.50. The number of anilines is 1. The number of nitro benzene ring substituents is 1. The monoisotopic (exact) mass is 392 g/mol. The first kappa shape index (κ1) is 19.2. The molecule has 0 fully saturated rings. The molecule has 0 bridgehead atoms. The summed E-state index contributed by atoms with van der Waals surface area (Å²) in [6.07, 6.45) is 5.29. The van der Waals surface area contributed by atoms with E-state index in [1.165, 1.54) is 0 Å². The van der Waals surface area contributed by atoms with Crippen molar-refractivity contribution < 1.29 is 14.5 Å². The van der Waals surface area contributed by atoms with E-state index >= 15 is 0 Å². The third kappa shape index (κ3) is 3.75. The van der Waals surface area contributed by atoms with Gasteiger partial charge in [-0.25, -0.2) is 4.79 Å². The molecule has 3 atom stereocenters. The fourth-order valence-electron chi connectivity index (χ4n) is 4.18. The summed E-state index contributed by atoms with van der Waals surface area (Å²) in [6.45, 7) is 4.43. The number of benzene rings is 2. The quantitative estimate of drug-likeness (QED) is 0.326. The van der Waals surface area contributed by atoms with Crippen LogP contribution in [-0.4, -0.2) is 17.5 Å². The molecular weight excluding hydrogens is 368 g/mol. The molecule has 6 nitrogen and oxygen atoms in total. The number of ether oxygens (including phenoxy) is 1. The molecule has 0 aromatic heterocycles. The summed E-state index contributed by atoms with van der Waals surface area (Å²) in [5.41, 5.74) is 3.78. The number of hydrogen-bond acceptors (Lipinski definition) is 5. The van der Waals surface area contributed by atoms with Gasteiger partial charge in [-0.1, -0.05) is 38.1 Å². The zero-order valence-electron chi connectivity index (χ0n) is 16.5. The van der Waals surface area contributed by atoms with Gasteiger partial charge in [0.2, 0.25) is 0 Å². The predicted molar refractivity (Wildman–Crippen MR) is 111 cm³/mol. The number of rotatable bonds is 5. The van der Waals surface area contributed by atoms with Crippen LogP contribution in [0.5, 0.6) is 0 Å². The van der Waals surface area contributed by atoms with Crippen molar-refractivity contribution in [2.75, 3.05) is 11.9 Å². The normalized spacial score (nSPS) is 22.0. The van der Waals surface area contributed by atoms with Crippen LogP contribution >= 0.6 is 0 Å². The molecule has 0 amide bonds. The molecule has 1 heterocycles. The summed E-state index contributed by atoms with van der Waals surface area (Å²) in [6, 6.07) is 12.5. The molecule has 0 saturated carbocycles. The average Bonchev–Trinajstić information content (AvgIpc) is 3.21. The van der Waals surface area contributed by atoms with Crippen LogP contribution in [0, 0.1) is 22.0 Å². The lowest BCUT2D eigenvalue weighted by Crippen LogP contribution is -2.29. The van der Waals surface area contributed by atoms with Crippen molar-refractivity contribution in [1.29, 1.82) is 0 Å². The Hall–Kier alpha value is -3.15. The Labute approximate surface area is 169 Å². The molecule has 2 aromatic carbocycles. The van der Waals surface area contributed by atoms with Gasteiger partial charge in [-0.2, -0.15) is 0 Å². The summed E-state index contributed by atoms with van der Waals surface area (Å²) in [5.74, 6) is 0.496. The standard InChI is InChI=1S/C23H24N2O4/c1-14(2)13-29-23(26)16-8-11-21-20(12-16)18-4-3-5-19(18)22(24-21)15-6-9-17(10-7-15)25(27)28/h3-4,6-12,14,18-19,22,24H,5,13H2,1-2H3/t18-,19+,22+/m0/s1. The molecule has 29 heavy (non-hydrogen) atoms. The summed E-state index contributed by atoms with van der Waals surface area (Å²) < 4.78 is 5.38. The van der Waals surface area contributed by atoms with Crippen molar-refractivity contribution >= 4 is 17.3 Å². The Kier molecular flexibility index (Phi) is 5.09. The van der Waals surface area contributed by atoms with Crippen molar-refractivity contribution in [3.63, 3.8) is 0 Å². The van der Waals surface area contributed by atoms with E-state index in [4.69, 9.17) is 4.74 Å². The van der Waals surface area contributed by atoms with E-state index in [-0.39, 0.29) is 28.5 Å². The fraction of sp³-hybridized carbons (Fsp3) is 0.348. The number of nitro groups is 1. The molecule has 1 aliphatic heterocycles. The van der Waals surface area contributed by atoms with Crippen LogP contribution in [-0.2, 0) is 4.74 Å². The van der Waals surface area contributed by atoms with Crippen LogP contribution in [0.2, 0.25) is 0 Å². The summed E-state index contributed by atoms with van der Waals surface area (Å²) in [4.78, 5) is 22.9. The van der Waals surface area contributed by atoms with Crippen molar-refractivity contribution in [2.24, 2.45) is 11.8 Å². The van der Waals surface area contributed by atoms with Gasteiger partial charge in [0.05, 0.1) is 23.1 Å². The van der Waals surface area contributed by atoms with Crippen LogP contribution in [0.3, 0.4) is 0 Å². The summed E-state index contributed by atoms with van der Waals surface area (Å²) in [5, 5.41) is 14.5. The number of nitrogens with zero attached hydrogens (tertiary/aromatic N) is 1. The average molecular weight is 392 g/mol. The highest BCUT2D eigenvalue weighted by molar-refractivity contribution is 5.90. The summed E-state index contributed by atoms with van der Waals surface area (Å²) in [7, 11) is 0. The molecular formula is C23H24N2O4. The fourth-order valence-corrected chi connectivity index (χ4v) is 4.18. The molecule has 1 N–H and O–H groups in total. The van der Waals surface area contributed by atoms with Crippen LogP contribution in [0.15, 0.2) is 54.6 Å². The Morgan fingerprint density at radius 1 is 1.24 bits per heavy atom. The second-order valence-electron chi connectivity index (χ2n) is 8.12. The number of fused-ring (bicyclic) bond motifs is 3. The maximum atomic E-state index is 12.4. The van der Waals surface area contributed by atoms with E-state index in [2.05, 4.69) is 17.5 Å². The van der Waals surface area contributed by atoms with Gasteiger partial charge in [-0.15, -0.1) is 0 Å². The molecule has 2 aromatic rings. The van der Waals surface area contributed by atoms with Crippen LogP contribution in [0.4, 0.5) is 11.4 Å². The number of allylic oxidation sites excluding steroid dienone is 2. The second kappa shape index (κ2) is 7.70. The van der Waals surface area contributed by atoms with Crippen LogP contribution in [0.25, 0.3) is 0 Å². The lowest BCUT2D eigenvalue weighted by molar-refractivity contribution is -0.384.